The molecule has 1 aliphatic rings. The van der Waals surface area contributed by atoms with Gasteiger partial charge in [0.2, 0.25) is 5.91 Å². The van der Waals surface area contributed by atoms with Crippen LogP contribution >= 0.6 is 24.8 Å². The van der Waals surface area contributed by atoms with Crippen LogP contribution in [0.15, 0.2) is 54.9 Å². The zero-order valence-corrected chi connectivity index (χ0v) is 17.1. The molecule has 150 valence electrons. The number of hydrogen-bond donors (Lipinski definition) is 2. The maximum Gasteiger partial charge on any atom is 0.244 e. The number of carbonyl (C=O) groups excluding carboxylic acids is 1. The fourth-order valence-electron chi connectivity index (χ4n) is 3.27. The monoisotopic (exact) mass is 422 g/mol. The lowest BCUT2D eigenvalue weighted by Crippen LogP contribution is -2.53. The minimum absolute atomic E-state index is 0. The predicted octanol–water partition coefficient (Wildman–Crippen LogP) is 3.24. The third-order valence-corrected chi connectivity index (χ3v) is 4.70. The van der Waals surface area contributed by atoms with Gasteiger partial charge in [0, 0.05) is 18.8 Å². The Hall–Kier alpha value is -2.12. The van der Waals surface area contributed by atoms with Crippen LogP contribution < -0.4 is 10.6 Å². The Kier molecular flexibility index (Phi) is 7.83. The molecule has 1 aliphatic heterocycles. The zero-order chi connectivity index (χ0) is 17.9. The van der Waals surface area contributed by atoms with Gasteiger partial charge in [-0.2, -0.15) is 0 Å². The van der Waals surface area contributed by atoms with Crippen LogP contribution in [0.2, 0.25) is 0 Å². The van der Waals surface area contributed by atoms with Gasteiger partial charge in [0.05, 0.1) is 30.1 Å². The van der Waals surface area contributed by atoms with Crippen LogP contribution in [0.3, 0.4) is 0 Å². The summed E-state index contributed by atoms with van der Waals surface area (Å²) in [5.74, 6) is -0.0643. The largest absolute Gasteiger partial charge is 0.375 e. The molecule has 0 aliphatic carbocycles. The van der Waals surface area contributed by atoms with E-state index in [-0.39, 0.29) is 42.9 Å². The molecule has 1 aromatic heterocycles. The van der Waals surface area contributed by atoms with E-state index in [0.29, 0.717) is 13.2 Å². The molecule has 4 rings (SSSR count). The highest BCUT2D eigenvalue weighted by atomic mass is 35.5. The molecule has 0 radical (unpaired) electrons. The van der Waals surface area contributed by atoms with Crippen LogP contribution in [0.25, 0.3) is 11.0 Å². The Morgan fingerprint density at radius 3 is 2.71 bits per heavy atom. The summed E-state index contributed by atoms with van der Waals surface area (Å²) in [6, 6.07) is 15.7. The summed E-state index contributed by atoms with van der Waals surface area (Å²) in [6.07, 6.45) is 1.73. The van der Waals surface area contributed by atoms with Crippen molar-refractivity contribution < 1.29 is 9.53 Å². The van der Waals surface area contributed by atoms with E-state index in [1.165, 1.54) is 0 Å². The van der Waals surface area contributed by atoms with Crippen LogP contribution in [0.4, 0.5) is 5.69 Å². The number of benzene rings is 2. The molecule has 1 saturated heterocycles. The van der Waals surface area contributed by atoms with E-state index in [0.717, 1.165) is 28.8 Å². The van der Waals surface area contributed by atoms with E-state index < -0.39 is 0 Å². The highest BCUT2D eigenvalue weighted by Crippen LogP contribution is 2.16. The Morgan fingerprint density at radius 1 is 1.21 bits per heavy atom. The lowest BCUT2D eigenvalue weighted by molar-refractivity contribution is -0.123. The first kappa shape index (κ1) is 22.2. The summed E-state index contributed by atoms with van der Waals surface area (Å²) in [6.45, 7) is 3.99. The molecular formula is C20H24Cl2N4O2. The molecule has 3 aromatic rings. The number of amides is 1. The zero-order valence-electron chi connectivity index (χ0n) is 15.5. The Bertz CT molecular complexity index is 914. The highest BCUT2D eigenvalue weighted by Gasteiger charge is 2.28. The maximum atomic E-state index is 12.4. The van der Waals surface area contributed by atoms with Gasteiger partial charge in [-0.3, -0.25) is 4.79 Å². The number of ether oxygens (including phenoxy) is 1. The molecule has 0 saturated carbocycles. The summed E-state index contributed by atoms with van der Waals surface area (Å²) in [7, 11) is 0. The number of halogens is 2. The van der Waals surface area contributed by atoms with Gasteiger partial charge < -0.3 is 19.9 Å². The molecule has 1 fully saturated rings. The molecule has 0 unspecified atom stereocenters. The van der Waals surface area contributed by atoms with Crippen molar-refractivity contribution in [3.05, 3.63) is 60.4 Å². The molecule has 6 nitrogen and oxygen atoms in total. The van der Waals surface area contributed by atoms with E-state index in [4.69, 9.17) is 4.74 Å². The first-order valence-electron chi connectivity index (χ1n) is 8.85. The molecule has 0 bridgehead atoms. The van der Waals surface area contributed by atoms with Gasteiger partial charge in [0.1, 0.15) is 6.04 Å². The summed E-state index contributed by atoms with van der Waals surface area (Å²) >= 11 is 0. The first-order valence-corrected chi connectivity index (χ1v) is 8.85. The molecule has 2 heterocycles. The lowest BCUT2D eigenvalue weighted by Gasteiger charge is -2.29. The third-order valence-electron chi connectivity index (χ3n) is 4.70. The quantitative estimate of drug-likeness (QED) is 0.676. The van der Waals surface area contributed by atoms with Gasteiger partial charge in [-0.1, -0.05) is 24.3 Å². The summed E-state index contributed by atoms with van der Waals surface area (Å²) < 4.78 is 7.65. The Labute approximate surface area is 176 Å². The van der Waals surface area contributed by atoms with Crippen molar-refractivity contribution in [1.82, 2.24) is 14.9 Å². The fourth-order valence-corrected chi connectivity index (χ4v) is 3.27. The molecule has 2 aromatic carbocycles. The van der Waals surface area contributed by atoms with Crippen molar-refractivity contribution in [2.24, 2.45) is 0 Å². The number of para-hydroxylation sites is 2. The van der Waals surface area contributed by atoms with E-state index in [1.807, 2.05) is 55.7 Å². The number of morpholine rings is 1. The number of nitrogens with one attached hydrogen (secondary N) is 2. The topological polar surface area (TPSA) is 68.2 Å². The number of anilines is 1. The second-order valence-electron chi connectivity index (χ2n) is 6.56. The second kappa shape index (κ2) is 9.89. The summed E-state index contributed by atoms with van der Waals surface area (Å²) in [5, 5.41) is 6.16. The van der Waals surface area contributed by atoms with Crippen molar-refractivity contribution in [2.75, 3.05) is 18.5 Å². The Balaban J connectivity index is 0.00000140. The SMILES string of the molecule is C[C@H]1OCCN[C@@H]1C(=O)Nc1ccc(Cn2cnc3ccccc32)cc1.Cl.Cl. The Morgan fingerprint density at radius 2 is 1.96 bits per heavy atom. The van der Waals surface area contributed by atoms with Gasteiger partial charge in [-0.05, 0) is 36.8 Å². The van der Waals surface area contributed by atoms with Crippen molar-refractivity contribution >= 4 is 47.4 Å². The molecule has 0 spiro atoms. The number of nitrogens with zero attached hydrogens (tertiary/aromatic N) is 2. The van der Waals surface area contributed by atoms with Crippen LogP contribution in [-0.4, -0.2) is 40.8 Å². The molecule has 1 amide bonds. The van der Waals surface area contributed by atoms with Crippen LogP contribution in [0.1, 0.15) is 12.5 Å². The van der Waals surface area contributed by atoms with Gasteiger partial charge in [0.25, 0.3) is 0 Å². The van der Waals surface area contributed by atoms with Crippen molar-refractivity contribution in [3.8, 4) is 0 Å². The average Bonchev–Trinajstić information content (AvgIpc) is 3.07. The number of imidazole rings is 1. The fraction of sp³-hybridized carbons (Fsp3) is 0.300. The second-order valence-corrected chi connectivity index (χ2v) is 6.56. The van der Waals surface area contributed by atoms with Gasteiger partial charge in [-0.25, -0.2) is 4.98 Å². The lowest BCUT2D eigenvalue weighted by atomic mass is 10.1. The normalized spacial score (nSPS) is 18.8. The highest BCUT2D eigenvalue weighted by molar-refractivity contribution is 5.95. The number of fused-ring (bicyclic) bond motifs is 1. The minimum atomic E-state index is -0.319. The summed E-state index contributed by atoms with van der Waals surface area (Å²) in [4.78, 5) is 16.8. The first-order chi connectivity index (χ1) is 12.7. The maximum absolute atomic E-state index is 12.4. The van der Waals surface area contributed by atoms with E-state index >= 15 is 0 Å². The van der Waals surface area contributed by atoms with Gasteiger partial charge in [0.15, 0.2) is 0 Å². The van der Waals surface area contributed by atoms with Crippen molar-refractivity contribution in [1.29, 1.82) is 0 Å². The summed E-state index contributed by atoms with van der Waals surface area (Å²) in [5.41, 5.74) is 4.04. The van der Waals surface area contributed by atoms with Gasteiger partial charge >= 0.3 is 0 Å². The third kappa shape index (κ3) is 4.83. The standard InChI is InChI=1S/C20H22N4O2.2ClH/c1-14-19(21-10-11-26-14)20(25)23-16-8-6-15(7-9-16)12-24-13-22-17-4-2-3-5-18(17)24;;/h2-9,13-14,19,21H,10-12H2,1H3,(H,23,25);2*1H/t14-,19+;;/m1../s1. The molecule has 28 heavy (non-hydrogen) atoms. The molecule has 2 atom stereocenters. The number of rotatable bonds is 4. The predicted molar refractivity (Wildman–Crippen MR) is 116 cm³/mol. The molecular weight excluding hydrogens is 399 g/mol. The van der Waals surface area contributed by atoms with Crippen LogP contribution in [-0.2, 0) is 16.1 Å². The van der Waals surface area contributed by atoms with Crippen LogP contribution in [0.5, 0.6) is 0 Å². The van der Waals surface area contributed by atoms with E-state index in [9.17, 15) is 4.79 Å². The van der Waals surface area contributed by atoms with Gasteiger partial charge in [-0.15, -0.1) is 24.8 Å². The van der Waals surface area contributed by atoms with E-state index in [2.05, 4.69) is 26.3 Å². The number of carbonyl (C=O) groups is 1. The van der Waals surface area contributed by atoms with Crippen LogP contribution in [0, 0.1) is 0 Å². The average molecular weight is 423 g/mol. The molecule has 2 N–H and O–H groups in total. The number of hydrogen-bond acceptors (Lipinski definition) is 4. The number of aromatic nitrogens is 2. The minimum Gasteiger partial charge on any atom is -0.375 e. The molecule has 8 heteroatoms. The van der Waals surface area contributed by atoms with E-state index in [1.54, 1.807) is 0 Å². The smallest absolute Gasteiger partial charge is 0.244 e. The van der Waals surface area contributed by atoms with Crippen molar-refractivity contribution in [2.45, 2.75) is 25.6 Å². The van der Waals surface area contributed by atoms with Crippen molar-refractivity contribution in [3.63, 3.8) is 0 Å².